The molecule has 0 aliphatic heterocycles. The van der Waals surface area contributed by atoms with E-state index in [-0.39, 0.29) is 11.9 Å². The summed E-state index contributed by atoms with van der Waals surface area (Å²) >= 11 is 0. The Balaban J connectivity index is 1.70. The number of hydrogen-bond acceptors (Lipinski definition) is 4. The third-order valence-electron chi connectivity index (χ3n) is 3.37. The van der Waals surface area contributed by atoms with E-state index in [1.165, 1.54) is 0 Å². The van der Waals surface area contributed by atoms with Gasteiger partial charge in [0, 0.05) is 5.56 Å². The van der Waals surface area contributed by atoms with Crippen LogP contribution in [0, 0.1) is 13.8 Å². The quantitative estimate of drug-likeness (QED) is 0.800. The number of nitrogens with one attached hydrogen (secondary N) is 1. The number of carbonyl (C=O) groups excluding carboxylic acids is 1. The second-order valence-electron chi connectivity index (χ2n) is 5.49. The van der Waals surface area contributed by atoms with Gasteiger partial charge in [0.25, 0.3) is 5.91 Å². The molecule has 3 aromatic rings. The molecule has 0 saturated heterocycles. The lowest BCUT2D eigenvalue weighted by Crippen LogP contribution is -2.12. The predicted molar refractivity (Wildman–Crippen MR) is 87.4 cm³/mol. The minimum atomic E-state index is -0.258. The van der Waals surface area contributed by atoms with Crippen LogP contribution in [-0.2, 0) is 6.42 Å². The van der Waals surface area contributed by atoms with Gasteiger partial charge in [-0.3, -0.25) is 10.1 Å². The molecule has 0 aliphatic carbocycles. The summed E-state index contributed by atoms with van der Waals surface area (Å²) in [4.78, 5) is 12.2. The molecule has 116 valence electrons. The summed E-state index contributed by atoms with van der Waals surface area (Å²) in [5, 5.41) is 10.5. The fraction of sp³-hybridized carbons (Fsp3) is 0.167. The Morgan fingerprint density at radius 2 is 1.74 bits per heavy atom. The van der Waals surface area contributed by atoms with Crippen molar-refractivity contribution in [3.8, 4) is 0 Å². The number of hydrogen-bond donors (Lipinski definition) is 1. The van der Waals surface area contributed by atoms with Crippen LogP contribution in [-0.4, -0.2) is 16.1 Å². The highest BCUT2D eigenvalue weighted by atomic mass is 16.4. The molecule has 0 radical (unpaired) electrons. The number of anilines is 1. The van der Waals surface area contributed by atoms with Crippen molar-refractivity contribution in [3.63, 3.8) is 0 Å². The van der Waals surface area contributed by atoms with Crippen molar-refractivity contribution in [2.24, 2.45) is 0 Å². The smallest absolute Gasteiger partial charge is 0.322 e. The lowest BCUT2D eigenvalue weighted by Gasteiger charge is -2.03. The van der Waals surface area contributed by atoms with Crippen molar-refractivity contribution in [2.45, 2.75) is 20.3 Å². The largest absolute Gasteiger partial charge is 0.407 e. The van der Waals surface area contributed by atoms with Gasteiger partial charge in [-0.25, -0.2) is 0 Å². The molecule has 1 aromatic heterocycles. The molecule has 2 aromatic carbocycles. The van der Waals surface area contributed by atoms with Crippen LogP contribution in [0.15, 0.2) is 52.9 Å². The standard InChI is InChI=1S/C18H17N3O2/c1-12-8-13(2)10-15(9-12)17(22)19-18-21-20-16(23-18)11-14-6-4-3-5-7-14/h3-10H,11H2,1-2H3,(H,19,21,22). The average Bonchev–Trinajstić information content (AvgIpc) is 2.94. The van der Waals surface area contributed by atoms with Crippen LogP contribution in [0.4, 0.5) is 6.01 Å². The van der Waals surface area contributed by atoms with Crippen LogP contribution in [0.2, 0.25) is 0 Å². The number of aryl methyl sites for hydroxylation is 2. The number of amides is 1. The molecule has 0 unspecified atom stereocenters. The predicted octanol–water partition coefficient (Wildman–Crippen LogP) is 3.53. The first-order chi connectivity index (χ1) is 11.1. The van der Waals surface area contributed by atoms with Gasteiger partial charge in [-0.05, 0) is 31.5 Å². The topological polar surface area (TPSA) is 68.0 Å². The van der Waals surface area contributed by atoms with Crippen molar-refractivity contribution in [1.29, 1.82) is 0 Å². The SMILES string of the molecule is Cc1cc(C)cc(C(=O)Nc2nnc(Cc3ccccc3)o2)c1. The molecular formula is C18H17N3O2. The first kappa shape index (κ1) is 15.0. The summed E-state index contributed by atoms with van der Waals surface area (Å²) in [5.41, 5.74) is 3.71. The van der Waals surface area contributed by atoms with Crippen molar-refractivity contribution >= 4 is 11.9 Å². The minimum absolute atomic E-state index is 0.111. The molecule has 5 heteroatoms. The molecular weight excluding hydrogens is 290 g/mol. The molecule has 0 fully saturated rings. The Morgan fingerprint density at radius 1 is 1.04 bits per heavy atom. The molecule has 3 rings (SSSR count). The highest BCUT2D eigenvalue weighted by Gasteiger charge is 2.12. The van der Waals surface area contributed by atoms with E-state index >= 15 is 0 Å². The van der Waals surface area contributed by atoms with E-state index in [1.54, 1.807) is 0 Å². The van der Waals surface area contributed by atoms with Crippen LogP contribution >= 0.6 is 0 Å². The van der Waals surface area contributed by atoms with Crippen LogP contribution in [0.25, 0.3) is 0 Å². The summed E-state index contributed by atoms with van der Waals surface area (Å²) in [6.45, 7) is 3.91. The lowest BCUT2D eigenvalue weighted by atomic mass is 10.1. The van der Waals surface area contributed by atoms with Gasteiger partial charge in [-0.15, -0.1) is 5.10 Å². The number of nitrogens with zero attached hydrogens (tertiary/aromatic N) is 2. The molecule has 23 heavy (non-hydrogen) atoms. The molecule has 5 nitrogen and oxygen atoms in total. The van der Waals surface area contributed by atoms with E-state index in [4.69, 9.17) is 4.42 Å². The van der Waals surface area contributed by atoms with E-state index < -0.39 is 0 Å². The van der Waals surface area contributed by atoms with E-state index in [1.807, 2.05) is 62.4 Å². The fourth-order valence-corrected chi connectivity index (χ4v) is 2.42. The zero-order valence-corrected chi connectivity index (χ0v) is 13.0. The van der Waals surface area contributed by atoms with Gasteiger partial charge < -0.3 is 4.42 Å². The summed E-state index contributed by atoms with van der Waals surface area (Å²) in [7, 11) is 0. The fourth-order valence-electron chi connectivity index (χ4n) is 2.42. The summed E-state index contributed by atoms with van der Waals surface area (Å²) in [6, 6.07) is 15.6. The third kappa shape index (κ3) is 3.83. The summed E-state index contributed by atoms with van der Waals surface area (Å²) in [6.07, 6.45) is 0.535. The Morgan fingerprint density at radius 3 is 2.43 bits per heavy atom. The summed E-state index contributed by atoms with van der Waals surface area (Å²) < 4.78 is 5.49. The van der Waals surface area contributed by atoms with Gasteiger partial charge in [0.05, 0.1) is 6.42 Å². The molecule has 0 aliphatic rings. The van der Waals surface area contributed by atoms with Crippen molar-refractivity contribution in [1.82, 2.24) is 10.2 Å². The minimum Gasteiger partial charge on any atom is -0.407 e. The van der Waals surface area contributed by atoms with Crippen LogP contribution in [0.1, 0.15) is 32.9 Å². The van der Waals surface area contributed by atoms with Crippen LogP contribution < -0.4 is 5.32 Å². The first-order valence-electron chi connectivity index (χ1n) is 7.36. The Labute approximate surface area is 134 Å². The van der Waals surface area contributed by atoms with Crippen LogP contribution in [0.5, 0.6) is 0 Å². The lowest BCUT2D eigenvalue weighted by molar-refractivity contribution is 0.102. The van der Waals surface area contributed by atoms with Gasteiger partial charge in [0.1, 0.15) is 0 Å². The van der Waals surface area contributed by atoms with Gasteiger partial charge >= 0.3 is 6.01 Å². The molecule has 0 bridgehead atoms. The van der Waals surface area contributed by atoms with Crippen molar-refractivity contribution in [3.05, 3.63) is 76.7 Å². The Bertz CT molecular complexity index is 805. The van der Waals surface area contributed by atoms with Gasteiger partial charge in [0.15, 0.2) is 0 Å². The van der Waals surface area contributed by atoms with Crippen molar-refractivity contribution < 1.29 is 9.21 Å². The Hall–Kier alpha value is -2.95. The highest BCUT2D eigenvalue weighted by molar-refractivity contribution is 6.03. The third-order valence-corrected chi connectivity index (χ3v) is 3.37. The zero-order chi connectivity index (χ0) is 16.2. The zero-order valence-electron chi connectivity index (χ0n) is 13.0. The number of rotatable bonds is 4. The van der Waals surface area contributed by atoms with E-state index in [0.29, 0.717) is 17.9 Å². The van der Waals surface area contributed by atoms with Gasteiger partial charge in [0.2, 0.25) is 5.89 Å². The normalized spacial score (nSPS) is 10.5. The van der Waals surface area contributed by atoms with E-state index in [0.717, 1.165) is 16.7 Å². The van der Waals surface area contributed by atoms with Crippen molar-refractivity contribution in [2.75, 3.05) is 5.32 Å². The molecule has 0 spiro atoms. The maximum absolute atomic E-state index is 12.2. The molecule has 0 saturated carbocycles. The van der Waals surface area contributed by atoms with E-state index in [9.17, 15) is 4.79 Å². The first-order valence-corrected chi connectivity index (χ1v) is 7.36. The van der Waals surface area contributed by atoms with Gasteiger partial charge in [-0.2, -0.15) is 0 Å². The molecule has 0 atom stereocenters. The monoisotopic (exact) mass is 307 g/mol. The Kier molecular flexibility index (Phi) is 4.19. The number of aromatic nitrogens is 2. The average molecular weight is 307 g/mol. The number of carbonyl (C=O) groups is 1. The maximum Gasteiger partial charge on any atom is 0.322 e. The molecule has 1 heterocycles. The molecule has 1 N–H and O–H groups in total. The second kappa shape index (κ2) is 6.44. The maximum atomic E-state index is 12.2. The summed E-state index contributed by atoms with van der Waals surface area (Å²) in [5.74, 6) is 0.207. The van der Waals surface area contributed by atoms with E-state index in [2.05, 4.69) is 15.5 Å². The molecule has 1 amide bonds. The second-order valence-corrected chi connectivity index (χ2v) is 5.49. The van der Waals surface area contributed by atoms with Crippen LogP contribution in [0.3, 0.4) is 0 Å². The highest BCUT2D eigenvalue weighted by Crippen LogP contribution is 2.14. The van der Waals surface area contributed by atoms with Gasteiger partial charge in [-0.1, -0.05) is 52.6 Å². The number of benzene rings is 2.